The molecular formula is C15H29N3O2. The number of likely N-dealkylation sites (N-methyl/N-ethyl adjacent to an activating group) is 2. The lowest BCUT2D eigenvalue weighted by atomic mass is 9.85. The Balaban J connectivity index is 1.61. The molecule has 5 nitrogen and oxygen atoms in total. The van der Waals surface area contributed by atoms with Gasteiger partial charge in [-0.05, 0) is 39.9 Å². The molecule has 0 aromatic heterocycles. The third kappa shape index (κ3) is 2.88. The second-order valence-corrected chi connectivity index (χ2v) is 6.80. The second kappa shape index (κ2) is 5.89. The standard InChI is InChI=1S/C15H29N3O2/c1-17-7-3-4-12(17)11-18(2)14-10-15(6-5-13(14)16)19-8-9-20-15/h12-14H,3-11,16H2,1-2H3. The zero-order valence-electron chi connectivity index (χ0n) is 12.9. The van der Waals surface area contributed by atoms with Gasteiger partial charge in [0, 0.05) is 37.5 Å². The van der Waals surface area contributed by atoms with Crippen LogP contribution in [0.1, 0.15) is 32.1 Å². The molecule has 1 spiro atoms. The number of hydrogen-bond acceptors (Lipinski definition) is 5. The molecule has 5 heteroatoms. The first-order valence-electron chi connectivity index (χ1n) is 8.04. The molecule has 3 atom stereocenters. The lowest BCUT2D eigenvalue weighted by molar-refractivity contribution is -0.191. The Hall–Kier alpha value is -0.200. The van der Waals surface area contributed by atoms with Crippen molar-refractivity contribution in [2.75, 3.05) is 40.4 Å². The number of likely N-dealkylation sites (tertiary alicyclic amines) is 1. The average Bonchev–Trinajstić information content (AvgIpc) is 3.04. The van der Waals surface area contributed by atoms with Crippen LogP contribution in [0.2, 0.25) is 0 Å². The van der Waals surface area contributed by atoms with Crippen molar-refractivity contribution in [3.05, 3.63) is 0 Å². The molecule has 2 heterocycles. The van der Waals surface area contributed by atoms with Crippen LogP contribution in [0.3, 0.4) is 0 Å². The fourth-order valence-corrected chi connectivity index (χ4v) is 4.07. The van der Waals surface area contributed by atoms with Crippen molar-refractivity contribution >= 4 is 0 Å². The Morgan fingerprint density at radius 2 is 2.05 bits per heavy atom. The summed E-state index contributed by atoms with van der Waals surface area (Å²) in [7, 11) is 4.45. The molecule has 0 aromatic rings. The smallest absolute Gasteiger partial charge is 0.170 e. The summed E-state index contributed by atoms with van der Waals surface area (Å²) in [5.41, 5.74) is 6.37. The summed E-state index contributed by atoms with van der Waals surface area (Å²) in [5, 5.41) is 0. The normalized spacial score (nSPS) is 38.1. The van der Waals surface area contributed by atoms with Crippen molar-refractivity contribution in [1.82, 2.24) is 9.80 Å². The van der Waals surface area contributed by atoms with E-state index in [9.17, 15) is 0 Å². The van der Waals surface area contributed by atoms with Gasteiger partial charge in [0.15, 0.2) is 5.79 Å². The summed E-state index contributed by atoms with van der Waals surface area (Å²) in [4.78, 5) is 4.92. The van der Waals surface area contributed by atoms with Gasteiger partial charge in [0.05, 0.1) is 13.2 Å². The van der Waals surface area contributed by atoms with Crippen molar-refractivity contribution in [2.24, 2.45) is 5.73 Å². The number of rotatable bonds is 3. The molecule has 3 fully saturated rings. The molecule has 1 aliphatic carbocycles. The quantitative estimate of drug-likeness (QED) is 0.823. The molecule has 0 aromatic carbocycles. The predicted molar refractivity (Wildman–Crippen MR) is 78.5 cm³/mol. The molecule has 3 unspecified atom stereocenters. The molecule has 2 aliphatic heterocycles. The lowest BCUT2D eigenvalue weighted by Crippen LogP contribution is -2.57. The summed E-state index contributed by atoms with van der Waals surface area (Å²) in [6, 6.07) is 1.29. The van der Waals surface area contributed by atoms with Gasteiger partial charge >= 0.3 is 0 Å². The van der Waals surface area contributed by atoms with Crippen LogP contribution in [-0.4, -0.2) is 74.1 Å². The third-order valence-electron chi connectivity index (χ3n) is 5.42. The Kier molecular flexibility index (Phi) is 4.34. The van der Waals surface area contributed by atoms with E-state index in [1.165, 1.54) is 19.4 Å². The summed E-state index contributed by atoms with van der Waals surface area (Å²) in [5.74, 6) is -0.337. The Morgan fingerprint density at radius 1 is 1.30 bits per heavy atom. The molecule has 2 saturated heterocycles. The van der Waals surface area contributed by atoms with Crippen LogP contribution in [0, 0.1) is 0 Å². The van der Waals surface area contributed by atoms with Crippen LogP contribution in [0.25, 0.3) is 0 Å². The SMILES string of the molecule is CN1CCCC1CN(C)C1CC2(CCC1N)OCCO2. The maximum absolute atomic E-state index is 6.37. The maximum Gasteiger partial charge on any atom is 0.170 e. The third-order valence-corrected chi connectivity index (χ3v) is 5.42. The molecule has 0 bridgehead atoms. The van der Waals surface area contributed by atoms with Crippen LogP contribution in [0.4, 0.5) is 0 Å². The first-order chi connectivity index (χ1) is 9.60. The molecule has 1 saturated carbocycles. The van der Waals surface area contributed by atoms with Gasteiger partial charge in [-0.25, -0.2) is 0 Å². The van der Waals surface area contributed by atoms with Crippen LogP contribution < -0.4 is 5.73 Å². The zero-order valence-corrected chi connectivity index (χ0v) is 12.9. The number of nitrogens with two attached hydrogens (primary N) is 1. The van der Waals surface area contributed by atoms with Crippen LogP contribution in [0.5, 0.6) is 0 Å². The van der Waals surface area contributed by atoms with E-state index in [-0.39, 0.29) is 11.8 Å². The first-order valence-corrected chi connectivity index (χ1v) is 8.04. The predicted octanol–water partition coefficient (Wildman–Crippen LogP) is 0.635. The fourth-order valence-electron chi connectivity index (χ4n) is 4.07. The minimum absolute atomic E-state index is 0.241. The number of ether oxygens (including phenoxy) is 2. The Labute approximate surface area is 122 Å². The van der Waals surface area contributed by atoms with Crippen molar-refractivity contribution in [1.29, 1.82) is 0 Å². The number of hydrogen-bond donors (Lipinski definition) is 1. The lowest BCUT2D eigenvalue weighted by Gasteiger charge is -2.44. The zero-order chi connectivity index (χ0) is 14.2. The van der Waals surface area contributed by atoms with E-state index in [4.69, 9.17) is 15.2 Å². The van der Waals surface area contributed by atoms with Crippen molar-refractivity contribution in [3.63, 3.8) is 0 Å². The van der Waals surface area contributed by atoms with Crippen molar-refractivity contribution in [3.8, 4) is 0 Å². The van der Waals surface area contributed by atoms with E-state index < -0.39 is 0 Å². The minimum Gasteiger partial charge on any atom is -0.347 e. The molecule has 3 aliphatic rings. The average molecular weight is 283 g/mol. The summed E-state index contributed by atoms with van der Waals surface area (Å²) in [6.45, 7) is 3.80. The van der Waals surface area contributed by atoms with Gasteiger partial charge in [-0.1, -0.05) is 0 Å². The van der Waals surface area contributed by atoms with E-state index >= 15 is 0 Å². The summed E-state index contributed by atoms with van der Waals surface area (Å²) < 4.78 is 11.8. The Morgan fingerprint density at radius 3 is 2.70 bits per heavy atom. The minimum atomic E-state index is -0.337. The highest BCUT2D eigenvalue weighted by Crippen LogP contribution is 2.37. The highest BCUT2D eigenvalue weighted by Gasteiger charge is 2.45. The van der Waals surface area contributed by atoms with E-state index in [0.29, 0.717) is 12.1 Å². The highest BCUT2D eigenvalue weighted by molar-refractivity contribution is 4.95. The molecule has 3 rings (SSSR count). The molecule has 2 N–H and O–H groups in total. The molecular weight excluding hydrogens is 254 g/mol. The fraction of sp³-hybridized carbons (Fsp3) is 1.00. The van der Waals surface area contributed by atoms with Gasteiger partial charge < -0.3 is 25.0 Å². The van der Waals surface area contributed by atoms with Gasteiger partial charge in [0.1, 0.15) is 0 Å². The van der Waals surface area contributed by atoms with Gasteiger partial charge in [0.25, 0.3) is 0 Å². The first kappa shape index (κ1) is 14.7. The summed E-state index contributed by atoms with van der Waals surface area (Å²) in [6.07, 6.45) is 5.49. The monoisotopic (exact) mass is 283 g/mol. The van der Waals surface area contributed by atoms with E-state index in [0.717, 1.165) is 39.0 Å². The second-order valence-electron chi connectivity index (χ2n) is 6.80. The maximum atomic E-state index is 6.37. The molecule has 20 heavy (non-hydrogen) atoms. The van der Waals surface area contributed by atoms with Gasteiger partial charge in [0.2, 0.25) is 0 Å². The van der Waals surface area contributed by atoms with Crippen molar-refractivity contribution in [2.45, 2.75) is 56.0 Å². The van der Waals surface area contributed by atoms with Crippen LogP contribution >= 0.6 is 0 Å². The molecule has 116 valence electrons. The highest BCUT2D eigenvalue weighted by atomic mass is 16.7. The van der Waals surface area contributed by atoms with Crippen LogP contribution in [0.15, 0.2) is 0 Å². The molecule has 0 radical (unpaired) electrons. The largest absolute Gasteiger partial charge is 0.347 e. The van der Waals surface area contributed by atoms with Crippen molar-refractivity contribution < 1.29 is 9.47 Å². The van der Waals surface area contributed by atoms with Gasteiger partial charge in [-0.15, -0.1) is 0 Å². The van der Waals surface area contributed by atoms with E-state index in [1.54, 1.807) is 0 Å². The van der Waals surface area contributed by atoms with Crippen LogP contribution in [-0.2, 0) is 9.47 Å². The van der Waals surface area contributed by atoms with E-state index in [1.807, 2.05) is 0 Å². The van der Waals surface area contributed by atoms with Gasteiger partial charge in [-0.3, -0.25) is 0 Å². The van der Waals surface area contributed by atoms with Gasteiger partial charge in [-0.2, -0.15) is 0 Å². The molecule has 0 amide bonds. The van der Waals surface area contributed by atoms with E-state index in [2.05, 4.69) is 23.9 Å². The topological polar surface area (TPSA) is 51.0 Å². The number of nitrogens with zero attached hydrogens (tertiary/aromatic N) is 2. The Bertz CT molecular complexity index is 333. The summed E-state index contributed by atoms with van der Waals surface area (Å²) >= 11 is 0.